The minimum atomic E-state index is 0.793. The molecule has 0 bridgehead atoms. The molecule has 1 aromatic carbocycles. The number of hydrogen-bond acceptors (Lipinski definition) is 3. The quantitative estimate of drug-likeness (QED) is 0.794. The molecule has 1 aliphatic rings. The lowest BCUT2D eigenvalue weighted by Gasteiger charge is -2.31. The van der Waals surface area contributed by atoms with Crippen molar-refractivity contribution in [3.8, 4) is 0 Å². The predicted molar refractivity (Wildman–Crippen MR) is 73.4 cm³/mol. The van der Waals surface area contributed by atoms with Crippen LogP contribution in [0, 0.1) is 0 Å². The summed E-state index contributed by atoms with van der Waals surface area (Å²) < 4.78 is 0. The van der Waals surface area contributed by atoms with E-state index in [9.17, 15) is 0 Å². The van der Waals surface area contributed by atoms with E-state index in [1.807, 2.05) is 11.8 Å². The van der Waals surface area contributed by atoms with Gasteiger partial charge in [-0.15, -0.1) is 0 Å². The Morgan fingerprint density at radius 1 is 1.25 bits per heavy atom. The number of fused-ring (bicyclic) bond motifs is 1. The summed E-state index contributed by atoms with van der Waals surface area (Å²) in [6, 6.07) is 8.80. The molecule has 2 N–H and O–H groups in total. The minimum absolute atomic E-state index is 0.793. The largest absolute Gasteiger partial charge is 0.370 e. The van der Waals surface area contributed by atoms with E-state index in [0.29, 0.717) is 0 Å². The van der Waals surface area contributed by atoms with Crippen molar-refractivity contribution in [2.24, 2.45) is 5.73 Å². The van der Waals surface area contributed by atoms with Crippen molar-refractivity contribution in [1.29, 1.82) is 0 Å². The number of rotatable bonds is 5. The van der Waals surface area contributed by atoms with Crippen LogP contribution in [0.25, 0.3) is 0 Å². The monoisotopic (exact) mass is 236 g/mol. The molecule has 0 unspecified atom stereocenters. The summed E-state index contributed by atoms with van der Waals surface area (Å²) in [6.45, 7) is 3.16. The summed E-state index contributed by atoms with van der Waals surface area (Å²) in [5.41, 5.74) is 8.45. The standard InChI is InChI=1S/C13H20N2S/c14-7-10-16-11-9-15-8-3-5-12-4-1-2-6-13(12)15/h1-2,4,6H,3,5,7-11,14H2. The van der Waals surface area contributed by atoms with Crippen molar-refractivity contribution < 1.29 is 0 Å². The van der Waals surface area contributed by atoms with Gasteiger partial charge in [0.1, 0.15) is 0 Å². The highest BCUT2D eigenvalue weighted by atomic mass is 32.2. The Kier molecular flexibility index (Phi) is 4.55. The van der Waals surface area contributed by atoms with Crippen LogP contribution in [-0.2, 0) is 6.42 Å². The maximum atomic E-state index is 5.49. The smallest absolute Gasteiger partial charge is 0.0399 e. The third-order valence-electron chi connectivity index (χ3n) is 2.97. The average Bonchev–Trinajstić information content (AvgIpc) is 2.35. The molecule has 1 aromatic rings. The van der Waals surface area contributed by atoms with E-state index in [0.717, 1.165) is 18.8 Å². The van der Waals surface area contributed by atoms with E-state index in [1.54, 1.807) is 0 Å². The van der Waals surface area contributed by atoms with Crippen LogP contribution >= 0.6 is 11.8 Å². The van der Waals surface area contributed by atoms with Gasteiger partial charge in [-0.25, -0.2) is 0 Å². The number of anilines is 1. The van der Waals surface area contributed by atoms with Gasteiger partial charge in [0.15, 0.2) is 0 Å². The second-order valence-electron chi connectivity index (χ2n) is 4.12. The fraction of sp³-hybridized carbons (Fsp3) is 0.538. The average molecular weight is 236 g/mol. The molecule has 0 saturated carbocycles. The molecule has 2 rings (SSSR count). The summed E-state index contributed by atoms with van der Waals surface area (Å²) in [5, 5.41) is 0. The van der Waals surface area contributed by atoms with Crippen LogP contribution < -0.4 is 10.6 Å². The molecule has 88 valence electrons. The summed E-state index contributed by atoms with van der Waals surface area (Å²) in [7, 11) is 0. The van der Waals surface area contributed by atoms with Gasteiger partial charge in [-0.1, -0.05) is 18.2 Å². The van der Waals surface area contributed by atoms with Crippen LogP contribution in [0.3, 0.4) is 0 Å². The normalized spacial score (nSPS) is 14.9. The summed E-state index contributed by atoms with van der Waals surface area (Å²) >= 11 is 1.95. The molecular formula is C13H20N2S. The number of hydrogen-bond donors (Lipinski definition) is 1. The SMILES string of the molecule is NCCSCCN1CCCc2ccccc21. The zero-order chi connectivity index (χ0) is 11.2. The number of nitrogens with two attached hydrogens (primary N) is 1. The first-order valence-corrected chi connectivity index (χ1v) is 7.18. The fourth-order valence-electron chi connectivity index (χ4n) is 2.20. The molecule has 1 aliphatic heterocycles. The van der Waals surface area contributed by atoms with Gasteiger partial charge in [0.05, 0.1) is 0 Å². The molecule has 0 atom stereocenters. The van der Waals surface area contributed by atoms with Crippen molar-refractivity contribution in [1.82, 2.24) is 0 Å². The summed E-state index contributed by atoms with van der Waals surface area (Å²) in [5.74, 6) is 2.26. The molecule has 3 heteroatoms. The van der Waals surface area contributed by atoms with E-state index in [-0.39, 0.29) is 0 Å². The van der Waals surface area contributed by atoms with Crippen molar-refractivity contribution in [2.75, 3.05) is 36.0 Å². The van der Waals surface area contributed by atoms with Gasteiger partial charge in [0, 0.05) is 36.8 Å². The van der Waals surface area contributed by atoms with Gasteiger partial charge in [-0.3, -0.25) is 0 Å². The maximum Gasteiger partial charge on any atom is 0.0399 e. The lowest BCUT2D eigenvalue weighted by atomic mass is 10.0. The maximum absolute atomic E-state index is 5.49. The van der Waals surface area contributed by atoms with Crippen LogP contribution in [-0.4, -0.2) is 31.1 Å². The van der Waals surface area contributed by atoms with Crippen molar-refractivity contribution >= 4 is 17.4 Å². The number of nitrogens with zero attached hydrogens (tertiary/aromatic N) is 1. The molecule has 0 amide bonds. The Labute approximate surface area is 102 Å². The second kappa shape index (κ2) is 6.16. The van der Waals surface area contributed by atoms with E-state index in [2.05, 4.69) is 29.2 Å². The third-order valence-corrected chi connectivity index (χ3v) is 3.97. The number of aryl methyl sites for hydroxylation is 1. The van der Waals surface area contributed by atoms with Crippen molar-refractivity contribution in [3.63, 3.8) is 0 Å². The van der Waals surface area contributed by atoms with Gasteiger partial charge in [0.25, 0.3) is 0 Å². The fourth-order valence-corrected chi connectivity index (χ4v) is 2.92. The molecule has 0 radical (unpaired) electrons. The lowest BCUT2D eigenvalue weighted by molar-refractivity contribution is 0.710. The molecular weight excluding hydrogens is 216 g/mol. The first-order chi connectivity index (χ1) is 7.92. The Balaban J connectivity index is 1.91. The minimum Gasteiger partial charge on any atom is -0.370 e. The Morgan fingerprint density at radius 2 is 2.12 bits per heavy atom. The number of benzene rings is 1. The zero-order valence-corrected chi connectivity index (χ0v) is 10.5. The second-order valence-corrected chi connectivity index (χ2v) is 5.35. The van der Waals surface area contributed by atoms with Crippen molar-refractivity contribution in [3.05, 3.63) is 29.8 Å². The Hall–Kier alpha value is -0.670. The molecule has 0 aliphatic carbocycles. The highest BCUT2D eigenvalue weighted by Gasteiger charge is 2.15. The Morgan fingerprint density at radius 3 is 3.00 bits per heavy atom. The Bertz CT molecular complexity index is 327. The highest BCUT2D eigenvalue weighted by molar-refractivity contribution is 7.99. The first kappa shape index (κ1) is 11.8. The number of para-hydroxylation sites is 1. The predicted octanol–water partition coefficient (Wildman–Crippen LogP) is 2.13. The molecule has 0 fully saturated rings. The van der Waals surface area contributed by atoms with Crippen LogP contribution in [0.5, 0.6) is 0 Å². The van der Waals surface area contributed by atoms with Gasteiger partial charge < -0.3 is 10.6 Å². The van der Waals surface area contributed by atoms with Gasteiger partial charge in [-0.05, 0) is 24.5 Å². The van der Waals surface area contributed by atoms with Gasteiger partial charge >= 0.3 is 0 Å². The van der Waals surface area contributed by atoms with E-state index < -0.39 is 0 Å². The van der Waals surface area contributed by atoms with Crippen molar-refractivity contribution in [2.45, 2.75) is 12.8 Å². The summed E-state index contributed by atoms with van der Waals surface area (Å²) in [4.78, 5) is 2.52. The van der Waals surface area contributed by atoms with Gasteiger partial charge in [-0.2, -0.15) is 11.8 Å². The van der Waals surface area contributed by atoms with Crippen LogP contribution in [0.15, 0.2) is 24.3 Å². The first-order valence-electron chi connectivity index (χ1n) is 6.02. The molecule has 2 nitrogen and oxygen atoms in total. The topological polar surface area (TPSA) is 29.3 Å². The van der Waals surface area contributed by atoms with Gasteiger partial charge in [0.2, 0.25) is 0 Å². The van der Waals surface area contributed by atoms with Crippen LogP contribution in [0.1, 0.15) is 12.0 Å². The summed E-state index contributed by atoms with van der Waals surface area (Å²) in [6.07, 6.45) is 2.53. The third kappa shape index (κ3) is 2.92. The van der Waals surface area contributed by atoms with Crippen LogP contribution in [0.2, 0.25) is 0 Å². The molecule has 0 saturated heterocycles. The molecule has 1 heterocycles. The molecule has 0 spiro atoms. The molecule has 0 aromatic heterocycles. The lowest BCUT2D eigenvalue weighted by Crippen LogP contribution is -2.31. The highest BCUT2D eigenvalue weighted by Crippen LogP contribution is 2.26. The van der Waals surface area contributed by atoms with E-state index in [4.69, 9.17) is 5.73 Å². The van der Waals surface area contributed by atoms with E-state index in [1.165, 1.54) is 36.4 Å². The van der Waals surface area contributed by atoms with Crippen LogP contribution in [0.4, 0.5) is 5.69 Å². The molecule has 16 heavy (non-hydrogen) atoms. The number of thioether (sulfide) groups is 1. The zero-order valence-electron chi connectivity index (χ0n) is 9.69. The van der Waals surface area contributed by atoms with E-state index >= 15 is 0 Å².